The molecule has 3 atom stereocenters. The number of hydrogen-bond donors (Lipinski definition) is 4. The maximum atomic E-state index is 11.9. The number of cyclic esters (lactones) is 1. The van der Waals surface area contributed by atoms with Crippen LogP contribution in [0.4, 0.5) is 0 Å². The Morgan fingerprint density at radius 3 is 2.62 bits per heavy atom. The second kappa shape index (κ2) is 6.29. The van der Waals surface area contributed by atoms with Crippen LogP contribution in [0.1, 0.15) is 31.2 Å². The molecule has 2 rings (SSSR count). The minimum Gasteiger partial charge on any atom is -0.504 e. The summed E-state index contributed by atoms with van der Waals surface area (Å²) in [4.78, 5) is 23.8. The fourth-order valence-electron chi connectivity index (χ4n) is 3.16. The first kappa shape index (κ1) is 18.0. The molecule has 1 heterocycles. The van der Waals surface area contributed by atoms with Crippen LogP contribution in [0.3, 0.4) is 0 Å². The zero-order valence-corrected chi connectivity index (χ0v) is 13.4. The van der Waals surface area contributed by atoms with E-state index in [2.05, 4.69) is 4.74 Å². The van der Waals surface area contributed by atoms with Crippen LogP contribution in [0.5, 0.6) is 11.5 Å². The fraction of sp³-hybridized carbons (Fsp3) is 0.500. The number of aliphatic hydroxyl groups is 2. The van der Waals surface area contributed by atoms with Gasteiger partial charge < -0.3 is 29.9 Å². The molecule has 1 aromatic carbocycles. The van der Waals surface area contributed by atoms with E-state index in [0.29, 0.717) is 5.56 Å². The van der Waals surface area contributed by atoms with Gasteiger partial charge >= 0.3 is 11.9 Å². The van der Waals surface area contributed by atoms with Gasteiger partial charge in [-0.15, -0.1) is 0 Å². The average molecular weight is 340 g/mol. The Labute approximate surface area is 138 Å². The summed E-state index contributed by atoms with van der Waals surface area (Å²) in [7, 11) is 1.32. The number of carboxylic acid groups (broad SMARTS) is 1. The van der Waals surface area contributed by atoms with E-state index in [1.807, 2.05) is 0 Å². The van der Waals surface area contributed by atoms with E-state index in [4.69, 9.17) is 4.74 Å². The second-order valence-corrected chi connectivity index (χ2v) is 5.71. The lowest BCUT2D eigenvalue weighted by Gasteiger charge is -2.40. The number of phenolic OH excluding ortho intramolecular Hbond substituents is 1. The number of benzene rings is 1. The molecule has 8 heteroatoms. The van der Waals surface area contributed by atoms with E-state index < -0.39 is 29.1 Å². The summed E-state index contributed by atoms with van der Waals surface area (Å²) in [5, 5.41) is 40.8. The lowest BCUT2D eigenvalue weighted by Crippen LogP contribution is -2.65. The van der Waals surface area contributed by atoms with Crippen LogP contribution in [0.25, 0.3) is 0 Å². The molecule has 0 aromatic heterocycles. The van der Waals surface area contributed by atoms with Gasteiger partial charge in [0.15, 0.2) is 11.5 Å². The van der Waals surface area contributed by atoms with Crippen molar-refractivity contribution in [1.82, 2.24) is 0 Å². The molecule has 0 saturated carbocycles. The number of carbonyl (C=O) groups excluding carboxylic acids is 1. The molecule has 0 spiro atoms. The number of phenols is 1. The largest absolute Gasteiger partial charge is 0.504 e. The highest BCUT2D eigenvalue weighted by Gasteiger charge is 2.66. The van der Waals surface area contributed by atoms with E-state index in [-0.39, 0.29) is 30.9 Å². The minimum absolute atomic E-state index is 0.0830. The topological polar surface area (TPSA) is 134 Å². The minimum atomic E-state index is -2.79. The van der Waals surface area contributed by atoms with Gasteiger partial charge in [0.05, 0.1) is 13.7 Å². The van der Waals surface area contributed by atoms with Crippen molar-refractivity contribution in [2.75, 3.05) is 13.7 Å². The zero-order valence-electron chi connectivity index (χ0n) is 13.4. The van der Waals surface area contributed by atoms with Crippen molar-refractivity contribution in [2.45, 2.75) is 36.9 Å². The number of carbonyl (C=O) groups is 2. The summed E-state index contributed by atoms with van der Waals surface area (Å²) < 4.78 is 9.67. The van der Waals surface area contributed by atoms with Gasteiger partial charge in [0, 0.05) is 12.3 Å². The Kier molecular flexibility index (Phi) is 4.73. The molecule has 1 aliphatic heterocycles. The van der Waals surface area contributed by atoms with Gasteiger partial charge in [-0.25, -0.2) is 9.59 Å². The molecule has 0 amide bonds. The highest BCUT2D eigenvalue weighted by Crippen LogP contribution is 2.45. The van der Waals surface area contributed by atoms with Crippen molar-refractivity contribution in [3.05, 3.63) is 23.8 Å². The smallest absolute Gasteiger partial charge is 0.342 e. The van der Waals surface area contributed by atoms with Gasteiger partial charge in [-0.1, -0.05) is 13.0 Å². The van der Waals surface area contributed by atoms with Crippen molar-refractivity contribution in [3.8, 4) is 11.5 Å². The third-order valence-corrected chi connectivity index (χ3v) is 4.51. The quantitative estimate of drug-likeness (QED) is 0.546. The van der Waals surface area contributed by atoms with Crippen LogP contribution in [-0.4, -0.2) is 57.3 Å². The average Bonchev–Trinajstić information content (AvgIpc) is 2.89. The van der Waals surface area contributed by atoms with E-state index in [0.717, 1.165) is 0 Å². The van der Waals surface area contributed by atoms with Gasteiger partial charge in [-0.05, 0) is 24.1 Å². The first-order valence-corrected chi connectivity index (χ1v) is 7.44. The summed E-state index contributed by atoms with van der Waals surface area (Å²) >= 11 is 0. The molecule has 1 aliphatic rings. The lowest BCUT2D eigenvalue weighted by molar-refractivity contribution is -0.204. The number of esters is 1. The third-order valence-electron chi connectivity index (χ3n) is 4.51. The monoisotopic (exact) mass is 340 g/mol. The molecular formula is C16H20O8. The van der Waals surface area contributed by atoms with Gasteiger partial charge in [0.2, 0.25) is 11.2 Å². The molecule has 132 valence electrons. The van der Waals surface area contributed by atoms with Crippen LogP contribution < -0.4 is 4.74 Å². The highest BCUT2D eigenvalue weighted by molar-refractivity contribution is 5.93. The number of hydrogen-bond acceptors (Lipinski definition) is 7. The standard InChI is InChI=1S/C16H20O8/c1-3-10(9-4-5-11(17)12(8-9)23-2)16(22,13(18)19)15(21)6-7-24-14(15)20/h4-5,8,10,17,21-22H,3,6-7H2,1-2H3,(H,18,19). The summed E-state index contributed by atoms with van der Waals surface area (Å²) in [6.45, 7) is 1.43. The molecule has 0 aliphatic carbocycles. The van der Waals surface area contributed by atoms with Crippen molar-refractivity contribution in [3.63, 3.8) is 0 Å². The lowest BCUT2D eigenvalue weighted by atomic mass is 9.69. The van der Waals surface area contributed by atoms with Gasteiger partial charge in [-0.3, -0.25) is 0 Å². The summed E-state index contributed by atoms with van der Waals surface area (Å²) in [6, 6.07) is 4.06. The Bertz CT molecular complexity index is 657. The second-order valence-electron chi connectivity index (χ2n) is 5.71. The molecule has 1 aromatic rings. The maximum absolute atomic E-state index is 11.9. The predicted octanol–water partition coefficient (Wildman–Crippen LogP) is 0.388. The van der Waals surface area contributed by atoms with Crippen LogP contribution in [0, 0.1) is 0 Å². The summed E-state index contributed by atoms with van der Waals surface area (Å²) in [5.41, 5.74) is -5.06. The number of carboxylic acids is 1. The van der Waals surface area contributed by atoms with Crippen molar-refractivity contribution in [1.29, 1.82) is 0 Å². The summed E-state index contributed by atoms with van der Waals surface area (Å²) in [5.74, 6) is -4.12. The number of methoxy groups -OCH3 is 1. The molecule has 1 fully saturated rings. The molecule has 24 heavy (non-hydrogen) atoms. The Morgan fingerprint density at radius 2 is 2.17 bits per heavy atom. The van der Waals surface area contributed by atoms with Crippen LogP contribution in [-0.2, 0) is 14.3 Å². The maximum Gasteiger partial charge on any atom is 0.342 e. The van der Waals surface area contributed by atoms with Crippen LogP contribution in [0.2, 0.25) is 0 Å². The van der Waals surface area contributed by atoms with Crippen LogP contribution >= 0.6 is 0 Å². The molecule has 0 bridgehead atoms. The molecular weight excluding hydrogens is 320 g/mol. The number of ether oxygens (including phenoxy) is 2. The molecule has 8 nitrogen and oxygen atoms in total. The highest BCUT2D eigenvalue weighted by atomic mass is 16.6. The fourth-order valence-corrected chi connectivity index (χ4v) is 3.16. The Balaban J connectivity index is 2.60. The molecule has 1 saturated heterocycles. The molecule has 3 unspecified atom stereocenters. The number of aromatic hydroxyl groups is 1. The molecule has 0 radical (unpaired) electrons. The van der Waals surface area contributed by atoms with Crippen molar-refractivity contribution < 1.29 is 39.5 Å². The SMILES string of the molecule is CCC(c1ccc(O)c(OC)c1)C(O)(C(=O)O)C1(O)CCOC1=O. The molecule has 4 N–H and O–H groups in total. The van der Waals surface area contributed by atoms with Gasteiger partial charge in [0.1, 0.15) is 0 Å². The Hall–Kier alpha value is -2.32. The van der Waals surface area contributed by atoms with Gasteiger partial charge in [0.25, 0.3) is 0 Å². The van der Waals surface area contributed by atoms with Gasteiger partial charge in [-0.2, -0.15) is 0 Å². The zero-order chi connectivity index (χ0) is 18.1. The predicted molar refractivity (Wildman–Crippen MR) is 80.8 cm³/mol. The van der Waals surface area contributed by atoms with Crippen LogP contribution in [0.15, 0.2) is 18.2 Å². The number of aliphatic carboxylic acids is 1. The normalized spacial score (nSPS) is 24.1. The van der Waals surface area contributed by atoms with Crippen molar-refractivity contribution >= 4 is 11.9 Å². The first-order chi connectivity index (χ1) is 11.2. The van der Waals surface area contributed by atoms with E-state index in [1.165, 1.54) is 25.3 Å². The third kappa shape index (κ3) is 2.47. The summed E-state index contributed by atoms with van der Waals surface area (Å²) in [6.07, 6.45) is -0.229. The van der Waals surface area contributed by atoms with E-state index >= 15 is 0 Å². The number of rotatable bonds is 6. The van der Waals surface area contributed by atoms with E-state index in [9.17, 15) is 30.0 Å². The first-order valence-electron chi connectivity index (χ1n) is 7.44. The Morgan fingerprint density at radius 1 is 1.50 bits per heavy atom. The van der Waals surface area contributed by atoms with Crippen molar-refractivity contribution in [2.24, 2.45) is 0 Å². The van der Waals surface area contributed by atoms with E-state index in [1.54, 1.807) is 6.92 Å².